The Morgan fingerprint density at radius 1 is 1.15 bits per heavy atom. The van der Waals surface area contributed by atoms with Gasteiger partial charge in [0.2, 0.25) is 0 Å². The molecule has 0 spiro atoms. The van der Waals surface area contributed by atoms with Crippen LogP contribution in [0.4, 0.5) is 0 Å². The van der Waals surface area contributed by atoms with E-state index in [4.69, 9.17) is 4.52 Å². The monoisotopic (exact) mass is 363 g/mol. The van der Waals surface area contributed by atoms with Crippen LogP contribution in [0.5, 0.6) is 0 Å². The summed E-state index contributed by atoms with van der Waals surface area (Å²) in [6.07, 6.45) is 6.56. The molecule has 4 rings (SSSR count). The van der Waals surface area contributed by atoms with Crippen molar-refractivity contribution < 1.29 is 9.32 Å². The average molecular weight is 363 g/mol. The van der Waals surface area contributed by atoms with Crippen molar-refractivity contribution in [3.63, 3.8) is 0 Å². The highest BCUT2D eigenvalue weighted by Crippen LogP contribution is 2.24. The van der Waals surface area contributed by atoms with E-state index >= 15 is 0 Å². The summed E-state index contributed by atoms with van der Waals surface area (Å²) in [4.78, 5) is 26.1. The molecule has 4 heterocycles. The number of rotatable bonds is 5. The Balaban J connectivity index is 1.48. The van der Waals surface area contributed by atoms with Crippen LogP contribution in [0.1, 0.15) is 16.2 Å². The maximum atomic E-state index is 12.4. The van der Waals surface area contributed by atoms with Crippen LogP contribution >= 0.6 is 11.3 Å². The molecule has 0 aliphatic heterocycles. The number of nitrogens with one attached hydrogen (secondary N) is 1. The molecule has 0 bridgehead atoms. The summed E-state index contributed by atoms with van der Waals surface area (Å²) in [6.45, 7) is 0.245. The van der Waals surface area contributed by atoms with Gasteiger partial charge in [0.25, 0.3) is 5.91 Å². The maximum Gasteiger partial charge on any atom is 0.273 e. The summed E-state index contributed by atoms with van der Waals surface area (Å²) in [5.74, 6) is 0.147. The minimum absolute atomic E-state index is 0.199. The highest BCUT2D eigenvalue weighted by Gasteiger charge is 2.15. The molecule has 0 radical (unpaired) electrons. The Kier molecular flexibility index (Phi) is 4.48. The molecule has 4 aromatic heterocycles. The van der Waals surface area contributed by atoms with Gasteiger partial charge in [-0.3, -0.25) is 19.7 Å². The van der Waals surface area contributed by atoms with Crippen molar-refractivity contribution in [3.8, 4) is 21.9 Å². The van der Waals surface area contributed by atoms with Gasteiger partial charge in [0.05, 0.1) is 17.1 Å². The number of carbonyl (C=O) groups is 1. The molecule has 0 aliphatic carbocycles. The summed E-state index contributed by atoms with van der Waals surface area (Å²) in [7, 11) is 0. The second kappa shape index (κ2) is 7.24. The molecule has 0 aromatic carbocycles. The van der Waals surface area contributed by atoms with Gasteiger partial charge in [-0.1, -0.05) is 11.2 Å². The minimum atomic E-state index is -0.341. The fourth-order valence-electron chi connectivity index (χ4n) is 2.40. The van der Waals surface area contributed by atoms with E-state index in [0.717, 1.165) is 16.1 Å². The van der Waals surface area contributed by atoms with E-state index in [0.29, 0.717) is 11.5 Å². The molecule has 1 amide bonds. The lowest BCUT2D eigenvalue weighted by atomic mass is 10.2. The first-order valence-corrected chi connectivity index (χ1v) is 8.68. The highest BCUT2D eigenvalue weighted by atomic mass is 32.1. The smallest absolute Gasteiger partial charge is 0.273 e. The molecule has 0 saturated carbocycles. The first kappa shape index (κ1) is 16.1. The molecule has 26 heavy (non-hydrogen) atoms. The summed E-state index contributed by atoms with van der Waals surface area (Å²) < 4.78 is 5.23. The summed E-state index contributed by atoms with van der Waals surface area (Å²) in [6, 6.07) is 9.13. The predicted octanol–water partition coefficient (Wildman–Crippen LogP) is 3.19. The maximum absolute atomic E-state index is 12.4. The molecule has 0 aliphatic rings. The minimum Gasteiger partial charge on any atom is -0.355 e. The molecule has 0 fully saturated rings. The first-order valence-electron chi connectivity index (χ1n) is 7.80. The third-order valence-electron chi connectivity index (χ3n) is 3.63. The van der Waals surface area contributed by atoms with Crippen molar-refractivity contribution >= 4 is 17.2 Å². The van der Waals surface area contributed by atoms with Gasteiger partial charge in [0.1, 0.15) is 5.69 Å². The van der Waals surface area contributed by atoms with Crippen LogP contribution in [0.3, 0.4) is 0 Å². The normalized spacial score (nSPS) is 10.6. The van der Waals surface area contributed by atoms with Gasteiger partial charge in [-0.15, -0.1) is 11.3 Å². The molecular weight excluding hydrogens is 350 g/mol. The lowest BCUT2D eigenvalue weighted by Crippen LogP contribution is -2.24. The van der Waals surface area contributed by atoms with Gasteiger partial charge in [0.15, 0.2) is 11.5 Å². The standard InChI is InChI=1S/C18H13N5O2S/c24-18(13-9-15(25-23-13)12-3-1-5-19-10-12)22-11-14-17(21-7-6-20-14)16-4-2-8-26-16/h1-10H,11H2,(H,22,24). The van der Waals surface area contributed by atoms with Crippen LogP contribution in [0, 0.1) is 0 Å². The van der Waals surface area contributed by atoms with Crippen molar-refractivity contribution in [1.82, 2.24) is 25.4 Å². The molecular formula is C18H13N5O2S. The average Bonchev–Trinajstić information content (AvgIpc) is 3.39. The third-order valence-corrected chi connectivity index (χ3v) is 4.51. The lowest BCUT2D eigenvalue weighted by molar-refractivity contribution is 0.0941. The molecule has 0 atom stereocenters. The van der Waals surface area contributed by atoms with E-state index < -0.39 is 0 Å². The Labute approximate surface area is 152 Å². The molecule has 0 unspecified atom stereocenters. The van der Waals surface area contributed by atoms with Gasteiger partial charge in [-0.2, -0.15) is 0 Å². The van der Waals surface area contributed by atoms with E-state index in [1.54, 1.807) is 48.3 Å². The second-order valence-electron chi connectivity index (χ2n) is 5.33. The fraction of sp³-hybridized carbons (Fsp3) is 0.0556. The summed E-state index contributed by atoms with van der Waals surface area (Å²) in [5.41, 5.74) is 2.41. The van der Waals surface area contributed by atoms with Crippen molar-refractivity contribution in [3.05, 3.63) is 71.9 Å². The van der Waals surface area contributed by atoms with E-state index in [1.807, 2.05) is 23.6 Å². The molecule has 7 nitrogen and oxygen atoms in total. The van der Waals surface area contributed by atoms with Gasteiger partial charge in [0, 0.05) is 36.4 Å². The zero-order valence-corrected chi connectivity index (χ0v) is 14.3. The fourth-order valence-corrected chi connectivity index (χ4v) is 3.14. The Bertz CT molecular complexity index is 1020. The second-order valence-corrected chi connectivity index (χ2v) is 6.28. The van der Waals surface area contributed by atoms with Crippen LogP contribution in [-0.4, -0.2) is 26.0 Å². The van der Waals surface area contributed by atoms with Crippen molar-refractivity contribution in [2.75, 3.05) is 0 Å². The molecule has 128 valence electrons. The predicted molar refractivity (Wildman–Crippen MR) is 96.2 cm³/mol. The molecule has 0 saturated heterocycles. The lowest BCUT2D eigenvalue weighted by Gasteiger charge is -2.06. The quantitative estimate of drug-likeness (QED) is 0.585. The van der Waals surface area contributed by atoms with Gasteiger partial charge in [-0.25, -0.2) is 0 Å². The van der Waals surface area contributed by atoms with Gasteiger partial charge >= 0.3 is 0 Å². The van der Waals surface area contributed by atoms with Gasteiger partial charge in [-0.05, 0) is 23.6 Å². The van der Waals surface area contributed by atoms with E-state index in [1.165, 1.54) is 0 Å². The molecule has 8 heteroatoms. The third kappa shape index (κ3) is 3.35. The summed E-state index contributed by atoms with van der Waals surface area (Å²) >= 11 is 1.57. The number of aromatic nitrogens is 4. The van der Waals surface area contributed by atoms with Crippen LogP contribution in [-0.2, 0) is 6.54 Å². The Hall–Kier alpha value is -3.39. The SMILES string of the molecule is O=C(NCc1nccnc1-c1cccs1)c1cc(-c2cccnc2)on1. The van der Waals surface area contributed by atoms with Crippen LogP contribution in [0.15, 0.2) is 65.0 Å². The Morgan fingerprint density at radius 3 is 2.88 bits per heavy atom. The van der Waals surface area contributed by atoms with E-state index in [-0.39, 0.29) is 18.1 Å². The van der Waals surface area contributed by atoms with Crippen LogP contribution in [0.2, 0.25) is 0 Å². The van der Waals surface area contributed by atoms with E-state index in [9.17, 15) is 4.79 Å². The number of carbonyl (C=O) groups excluding carboxylic acids is 1. The highest BCUT2D eigenvalue weighted by molar-refractivity contribution is 7.13. The van der Waals surface area contributed by atoms with Crippen LogP contribution < -0.4 is 5.32 Å². The zero-order valence-electron chi connectivity index (χ0n) is 13.5. The van der Waals surface area contributed by atoms with Gasteiger partial charge < -0.3 is 9.84 Å². The van der Waals surface area contributed by atoms with Crippen molar-refractivity contribution in [2.24, 2.45) is 0 Å². The first-order chi connectivity index (χ1) is 12.8. The number of nitrogens with zero attached hydrogens (tertiary/aromatic N) is 4. The number of thiophene rings is 1. The Morgan fingerprint density at radius 2 is 2.08 bits per heavy atom. The molecule has 1 N–H and O–H groups in total. The number of pyridine rings is 1. The van der Waals surface area contributed by atoms with Crippen molar-refractivity contribution in [1.29, 1.82) is 0 Å². The van der Waals surface area contributed by atoms with E-state index in [2.05, 4.69) is 25.4 Å². The largest absolute Gasteiger partial charge is 0.355 e. The van der Waals surface area contributed by atoms with Crippen LogP contribution in [0.25, 0.3) is 21.9 Å². The summed E-state index contributed by atoms with van der Waals surface area (Å²) in [5, 5.41) is 8.61. The molecule has 4 aromatic rings. The number of amides is 1. The number of hydrogen-bond acceptors (Lipinski definition) is 7. The number of hydrogen-bond donors (Lipinski definition) is 1. The zero-order chi connectivity index (χ0) is 17.8. The van der Waals surface area contributed by atoms with Crippen molar-refractivity contribution in [2.45, 2.75) is 6.54 Å². The topological polar surface area (TPSA) is 93.8 Å².